The minimum atomic E-state index is 0.204. The molecule has 0 aliphatic heterocycles. The maximum Gasteiger partial charge on any atom is 0.0591 e. The fourth-order valence-corrected chi connectivity index (χ4v) is 2.58. The lowest BCUT2D eigenvalue weighted by molar-refractivity contribution is 0.125. The number of halogens is 1. The van der Waals surface area contributed by atoms with E-state index in [0.29, 0.717) is 0 Å². The van der Waals surface area contributed by atoms with Crippen molar-refractivity contribution in [2.24, 2.45) is 0 Å². The summed E-state index contributed by atoms with van der Waals surface area (Å²) in [5.41, 5.74) is 0.204. The molecule has 3 heteroatoms. The smallest absolute Gasteiger partial charge is 0.0591 e. The van der Waals surface area contributed by atoms with Crippen molar-refractivity contribution < 1.29 is 4.74 Å². The molecule has 15 heavy (non-hydrogen) atoms. The fraction of sp³-hybridized carbons (Fsp3) is 1.00. The van der Waals surface area contributed by atoms with E-state index in [1.807, 2.05) is 0 Å². The SMILES string of the molecule is CCCOCCNC1(CCl)CCCCC1. The van der Waals surface area contributed by atoms with Gasteiger partial charge >= 0.3 is 0 Å². The number of hydrogen-bond acceptors (Lipinski definition) is 2. The van der Waals surface area contributed by atoms with Gasteiger partial charge in [-0.15, -0.1) is 11.6 Å². The number of nitrogens with one attached hydrogen (secondary N) is 1. The molecule has 0 radical (unpaired) electrons. The van der Waals surface area contributed by atoms with Crippen molar-refractivity contribution in [1.82, 2.24) is 5.32 Å². The summed E-state index contributed by atoms with van der Waals surface area (Å²) in [5.74, 6) is 0.737. The first-order chi connectivity index (χ1) is 7.33. The lowest BCUT2D eigenvalue weighted by atomic mass is 9.83. The van der Waals surface area contributed by atoms with Gasteiger partial charge in [-0.3, -0.25) is 0 Å². The van der Waals surface area contributed by atoms with Crippen LogP contribution in [-0.2, 0) is 4.74 Å². The Balaban J connectivity index is 2.15. The molecular weight excluding hydrogens is 210 g/mol. The van der Waals surface area contributed by atoms with Crippen LogP contribution in [0.1, 0.15) is 45.4 Å². The second-order valence-corrected chi connectivity index (χ2v) is 4.78. The molecule has 0 heterocycles. The van der Waals surface area contributed by atoms with Crippen LogP contribution in [0.15, 0.2) is 0 Å². The molecule has 0 spiro atoms. The highest BCUT2D eigenvalue weighted by atomic mass is 35.5. The second-order valence-electron chi connectivity index (χ2n) is 4.51. The van der Waals surface area contributed by atoms with Crippen LogP contribution in [0, 0.1) is 0 Å². The Hall–Kier alpha value is 0.210. The van der Waals surface area contributed by atoms with E-state index in [-0.39, 0.29) is 5.54 Å². The molecule has 0 bridgehead atoms. The highest BCUT2D eigenvalue weighted by Gasteiger charge is 2.29. The van der Waals surface area contributed by atoms with Gasteiger partial charge in [0.25, 0.3) is 0 Å². The van der Waals surface area contributed by atoms with E-state index in [1.54, 1.807) is 0 Å². The Labute approximate surface area is 98.7 Å². The first-order valence-electron chi connectivity index (χ1n) is 6.22. The minimum Gasteiger partial charge on any atom is -0.380 e. The third-order valence-corrected chi connectivity index (χ3v) is 3.67. The predicted molar refractivity (Wildman–Crippen MR) is 65.6 cm³/mol. The fourth-order valence-electron chi connectivity index (χ4n) is 2.22. The van der Waals surface area contributed by atoms with Gasteiger partial charge in [0.1, 0.15) is 0 Å². The van der Waals surface area contributed by atoms with Gasteiger partial charge in [0.05, 0.1) is 6.61 Å². The van der Waals surface area contributed by atoms with Crippen molar-refractivity contribution >= 4 is 11.6 Å². The second kappa shape index (κ2) is 7.48. The van der Waals surface area contributed by atoms with Crippen molar-refractivity contribution in [2.45, 2.75) is 51.0 Å². The van der Waals surface area contributed by atoms with Gasteiger partial charge in [-0.25, -0.2) is 0 Å². The largest absolute Gasteiger partial charge is 0.380 e. The van der Waals surface area contributed by atoms with Gasteiger partial charge in [-0.1, -0.05) is 26.2 Å². The number of rotatable bonds is 7. The summed E-state index contributed by atoms with van der Waals surface area (Å²) in [7, 11) is 0. The normalized spacial score (nSPS) is 20.4. The predicted octanol–water partition coefficient (Wildman–Crippen LogP) is 2.94. The van der Waals surface area contributed by atoms with Crippen molar-refractivity contribution in [3.05, 3.63) is 0 Å². The van der Waals surface area contributed by atoms with Crippen LogP contribution >= 0.6 is 11.6 Å². The molecule has 0 saturated heterocycles. The van der Waals surface area contributed by atoms with Crippen LogP contribution in [0.5, 0.6) is 0 Å². The van der Waals surface area contributed by atoms with E-state index in [2.05, 4.69) is 12.2 Å². The van der Waals surface area contributed by atoms with E-state index >= 15 is 0 Å². The van der Waals surface area contributed by atoms with E-state index in [9.17, 15) is 0 Å². The molecule has 1 N–H and O–H groups in total. The van der Waals surface area contributed by atoms with Crippen molar-refractivity contribution in [3.8, 4) is 0 Å². The van der Waals surface area contributed by atoms with E-state index in [1.165, 1.54) is 32.1 Å². The Bertz CT molecular complexity index is 158. The number of ether oxygens (including phenoxy) is 1. The van der Waals surface area contributed by atoms with Gasteiger partial charge in [0.2, 0.25) is 0 Å². The van der Waals surface area contributed by atoms with Crippen molar-refractivity contribution in [1.29, 1.82) is 0 Å². The molecule has 0 amide bonds. The van der Waals surface area contributed by atoms with Gasteiger partial charge in [-0.2, -0.15) is 0 Å². The third-order valence-electron chi connectivity index (χ3n) is 3.16. The highest BCUT2D eigenvalue weighted by Crippen LogP contribution is 2.28. The quantitative estimate of drug-likeness (QED) is 0.539. The van der Waals surface area contributed by atoms with E-state index in [4.69, 9.17) is 16.3 Å². The summed E-state index contributed by atoms with van der Waals surface area (Å²) in [5, 5.41) is 3.59. The summed E-state index contributed by atoms with van der Waals surface area (Å²) in [6.07, 6.45) is 7.55. The summed E-state index contributed by atoms with van der Waals surface area (Å²) >= 11 is 6.07. The Morgan fingerprint density at radius 3 is 2.53 bits per heavy atom. The van der Waals surface area contributed by atoms with Crippen LogP contribution in [0.25, 0.3) is 0 Å². The molecule has 0 atom stereocenters. The first kappa shape index (κ1) is 13.3. The van der Waals surface area contributed by atoms with Crippen molar-refractivity contribution in [3.63, 3.8) is 0 Å². The minimum absolute atomic E-state index is 0.204. The Morgan fingerprint density at radius 1 is 1.20 bits per heavy atom. The molecule has 2 nitrogen and oxygen atoms in total. The molecule has 1 aliphatic carbocycles. The summed E-state index contributed by atoms with van der Waals surface area (Å²) in [4.78, 5) is 0. The van der Waals surface area contributed by atoms with Gasteiger partial charge < -0.3 is 10.1 Å². The monoisotopic (exact) mass is 233 g/mol. The summed E-state index contributed by atoms with van der Waals surface area (Å²) < 4.78 is 5.46. The maximum absolute atomic E-state index is 6.07. The zero-order chi connectivity index (χ0) is 11.0. The molecule has 1 fully saturated rings. The standard InChI is InChI=1S/C12H24ClNO/c1-2-9-15-10-8-14-12(11-13)6-4-3-5-7-12/h14H,2-11H2,1H3. The maximum atomic E-state index is 6.07. The average molecular weight is 234 g/mol. The molecule has 0 aromatic rings. The molecular formula is C12H24ClNO. The Kier molecular flexibility index (Phi) is 6.62. The van der Waals surface area contributed by atoms with E-state index < -0.39 is 0 Å². The van der Waals surface area contributed by atoms with Gasteiger partial charge in [-0.05, 0) is 19.3 Å². The molecule has 0 aromatic carbocycles. The van der Waals surface area contributed by atoms with E-state index in [0.717, 1.165) is 32.1 Å². The van der Waals surface area contributed by atoms with Crippen molar-refractivity contribution in [2.75, 3.05) is 25.6 Å². The lowest BCUT2D eigenvalue weighted by Crippen LogP contribution is -2.49. The zero-order valence-corrected chi connectivity index (χ0v) is 10.6. The van der Waals surface area contributed by atoms with Crippen LogP contribution in [0.3, 0.4) is 0 Å². The summed E-state index contributed by atoms with van der Waals surface area (Å²) in [6, 6.07) is 0. The number of alkyl halides is 1. The third kappa shape index (κ3) is 4.71. The topological polar surface area (TPSA) is 21.3 Å². The number of hydrogen-bond donors (Lipinski definition) is 1. The molecule has 1 rings (SSSR count). The molecule has 90 valence electrons. The van der Waals surface area contributed by atoms with Gasteiger partial charge in [0.15, 0.2) is 0 Å². The van der Waals surface area contributed by atoms with Crippen LogP contribution < -0.4 is 5.32 Å². The average Bonchev–Trinajstić information content (AvgIpc) is 2.30. The van der Waals surface area contributed by atoms with Gasteiger partial charge in [0, 0.05) is 24.6 Å². The molecule has 1 saturated carbocycles. The van der Waals surface area contributed by atoms with Crippen LogP contribution in [0.4, 0.5) is 0 Å². The van der Waals surface area contributed by atoms with Crippen LogP contribution in [0.2, 0.25) is 0 Å². The van der Waals surface area contributed by atoms with Crippen LogP contribution in [-0.4, -0.2) is 31.2 Å². The zero-order valence-electron chi connectivity index (χ0n) is 9.86. The highest BCUT2D eigenvalue weighted by molar-refractivity contribution is 6.18. The molecule has 1 aliphatic rings. The molecule has 0 aromatic heterocycles. The lowest BCUT2D eigenvalue weighted by Gasteiger charge is -2.36. The first-order valence-corrected chi connectivity index (χ1v) is 6.75. The Morgan fingerprint density at radius 2 is 1.93 bits per heavy atom. The molecule has 0 unspecified atom stereocenters. The summed E-state index contributed by atoms with van der Waals surface area (Å²) in [6.45, 7) is 4.75.